The molecule has 0 saturated carbocycles. The van der Waals surface area contributed by atoms with Crippen LogP contribution in [0, 0.1) is 0 Å². The zero-order valence-electron chi connectivity index (χ0n) is 16.4. The number of rotatable bonds is 2. The zero-order chi connectivity index (χ0) is 21.9. The number of likely N-dealkylation sites (tertiary alicyclic amines) is 2. The van der Waals surface area contributed by atoms with Crippen LogP contribution >= 0.6 is 0 Å². The molecule has 162 valence electrons. The molecule has 3 heterocycles. The van der Waals surface area contributed by atoms with Gasteiger partial charge in [0.15, 0.2) is 0 Å². The van der Waals surface area contributed by atoms with E-state index in [0.717, 1.165) is 26.1 Å². The van der Waals surface area contributed by atoms with Gasteiger partial charge in [0.2, 0.25) is 0 Å². The highest BCUT2D eigenvalue weighted by Gasteiger charge is 2.50. The van der Waals surface area contributed by atoms with Crippen molar-refractivity contribution in [1.82, 2.24) is 9.80 Å². The number of nitrogens with zero attached hydrogens (tertiary/aromatic N) is 2. The van der Waals surface area contributed by atoms with Crippen LogP contribution in [0.3, 0.4) is 0 Å². The van der Waals surface area contributed by atoms with E-state index in [0.29, 0.717) is 11.6 Å². The number of alkyl halides is 3. The van der Waals surface area contributed by atoms with Crippen molar-refractivity contribution in [2.45, 2.75) is 30.5 Å². The Morgan fingerprint density at radius 3 is 2.33 bits per heavy atom. The Labute approximate surface area is 171 Å². The van der Waals surface area contributed by atoms with Gasteiger partial charge in [0.1, 0.15) is 6.26 Å². The van der Waals surface area contributed by atoms with Gasteiger partial charge in [0.05, 0.1) is 11.8 Å². The lowest BCUT2D eigenvalue weighted by Crippen LogP contribution is -2.56. The molecule has 0 aliphatic carbocycles. The van der Waals surface area contributed by atoms with Crippen LogP contribution in [0.2, 0.25) is 0 Å². The Morgan fingerprint density at radius 2 is 1.77 bits per heavy atom. The van der Waals surface area contributed by atoms with Gasteiger partial charge in [-0.1, -0.05) is 30.3 Å². The molecular formula is C21H23F3N2O4. The highest BCUT2D eigenvalue weighted by Crippen LogP contribution is 2.45. The molecular weight excluding hydrogens is 401 g/mol. The van der Waals surface area contributed by atoms with E-state index in [9.17, 15) is 18.0 Å². The number of hydrogen-bond donors (Lipinski definition) is 1. The summed E-state index contributed by atoms with van der Waals surface area (Å²) in [6, 6.07) is 13.0. The first-order valence-corrected chi connectivity index (χ1v) is 9.52. The molecule has 1 amide bonds. The molecule has 2 aromatic rings. The normalized spacial score (nSPS) is 24.0. The van der Waals surface area contributed by atoms with Crippen LogP contribution in [-0.2, 0) is 10.2 Å². The second-order valence-corrected chi connectivity index (χ2v) is 7.58. The number of carboxylic acid groups (broad SMARTS) is 1. The zero-order valence-corrected chi connectivity index (χ0v) is 16.4. The molecule has 6 nitrogen and oxygen atoms in total. The molecule has 2 unspecified atom stereocenters. The number of hydrogen-bond acceptors (Lipinski definition) is 4. The molecule has 2 fully saturated rings. The minimum absolute atomic E-state index is 0.0840. The van der Waals surface area contributed by atoms with Crippen LogP contribution in [0.5, 0.6) is 0 Å². The summed E-state index contributed by atoms with van der Waals surface area (Å²) < 4.78 is 36.8. The third-order valence-corrected chi connectivity index (χ3v) is 5.95. The lowest BCUT2D eigenvalue weighted by molar-refractivity contribution is -0.192. The first-order valence-electron chi connectivity index (χ1n) is 9.52. The van der Waals surface area contributed by atoms with Crippen LogP contribution in [0.15, 0.2) is 53.3 Å². The molecule has 0 spiro atoms. The highest BCUT2D eigenvalue weighted by atomic mass is 19.4. The Hall–Kier alpha value is -2.81. The fourth-order valence-corrected chi connectivity index (χ4v) is 4.36. The Bertz CT molecular complexity index is 870. The van der Waals surface area contributed by atoms with Crippen LogP contribution in [-0.4, -0.2) is 65.7 Å². The average molecular weight is 424 g/mol. The third-order valence-electron chi connectivity index (χ3n) is 5.95. The van der Waals surface area contributed by atoms with Crippen molar-refractivity contribution in [2.24, 2.45) is 0 Å². The van der Waals surface area contributed by atoms with E-state index in [1.165, 1.54) is 12.0 Å². The molecule has 2 atom stereocenters. The molecule has 4 rings (SSSR count). The summed E-state index contributed by atoms with van der Waals surface area (Å²) in [4.78, 5) is 25.9. The summed E-state index contributed by atoms with van der Waals surface area (Å²) in [5.41, 5.74) is 2.26. The monoisotopic (exact) mass is 424 g/mol. The number of carboxylic acids is 1. The number of aliphatic carboxylic acids is 1. The van der Waals surface area contributed by atoms with Gasteiger partial charge in [0.25, 0.3) is 5.91 Å². The summed E-state index contributed by atoms with van der Waals surface area (Å²) in [6.07, 6.45) is 0.217. The minimum Gasteiger partial charge on any atom is -0.475 e. The summed E-state index contributed by atoms with van der Waals surface area (Å²) in [6.45, 7) is 2.69. The number of piperidine rings is 1. The molecule has 1 aromatic carbocycles. The Kier molecular flexibility index (Phi) is 6.21. The van der Waals surface area contributed by atoms with Crippen molar-refractivity contribution in [3.8, 4) is 0 Å². The summed E-state index contributed by atoms with van der Waals surface area (Å²) in [5, 5.41) is 7.12. The van der Waals surface area contributed by atoms with Crippen molar-refractivity contribution >= 4 is 11.9 Å². The van der Waals surface area contributed by atoms with Gasteiger partial charge in [-0.15, -0.1) is 0 Å². The van der Waals surface area contributed by atoms with E-state index in [1.807, 2.05) is 4.90 Å². The lowest BCUT2D eigenvalue weighted by atomic mass is 9.69. The fraction of sp³-hybridized carbons (Fsp3) is 0.429. The maximum Gasteiger partial charge on any atom is 0.490 e. The van der Waals surface area contributed by atoms with Gasteiger partial charge < -0.3 is 19.3 Å². The molecule has 0 bridgehead atoms. The van der Waals surface area contributed by atoms with Crippen molar-refractivity contribution in [3.05, 3.63) is 60.1 Å². The van der Waals surface area contributed by atoms with Gasteiger partial charge in [-0.25, -0.2) is 4.79 Å². The number of likely N-dealkylation sites (N-methyl/N-ethyl adjacent to an activating group) is 1. The first kappa shape index (κ1) is 21.9. The maximum absolute atomic E-state index is 12.6. The van der Waals surface area contributed by atoms with Crippen LogP contribution in [0.25, 0.3) is 0 Å². The summed E-state index contributed by atoms with van der Waals surface area (Å²) >= 11 is 0. The fourth-order valence-electron chi connectivity index (χ4n) is 4.36. The van der Waals surface area contributed by atoms with Crippen LogP contribution < -0.4 is 0 Å². The predicted molar refractivity (Wildman–Crippen MR) is 102 cm³/mol. The molecule has 2 aliphatic rings. The number of benzene rings is 1. The molecule has 2 saturated heterocycles. The predicted octanol–water partition coefficient (Wildman–Crippen LogP) is 3.40. The van der Waals surface area contributed by atoms with Gasteiger partial charge >= 0.3 is 12.1 Å². The van der Waals surface area contributed by atoms with Gasteiger partial charge in [-0.2, -0.15) is 13.2 Å². The van der Waals surface area contributed by atoms with E-state index >= 15 is 0 Å². The van der Waals surface area contributed by atoms with Crippen molar-refractivity contribution < 1.29 is 32.3 Å². The minimum atomic E-state index is -5.08. The van der Waals surface area contributed by atoms with E-state index < -0.39 is 12.1 Å². The van der Waals surface area contributed by atoms with E-state index in [4.69, 9.17) is 14.3 Å². The van der Waals surface area contributed by atoms with E-state index in [-0.39, 0.29) is 11.3 Å². The van der Waals surface area contributed by atoms with Gasteiger partial charge in [-0.3, -0.25) is 4.79 Å². The quantitative estimate of drug-likeness (QED) is 0.800. The number of fused-ring (bicyclic) bond motifs is 1. The number of furan rings is 1. The highest BCUT2D eigenvalue weighted by molar-refractivity contribution is 5.94. The Balaban J connectivity index is 0.000000318. The molecule has 2 aliphatic heterocycles. The number of carbonyl (C=O) groups is 2. The van der Waals surface area contributed by atoms with Crippen molar-refractivity contribution in [1.29, 1.82) is 0 Å². The van der Waals surface area contributed by atoms with E-state index in [2.05, 4.69) is 42.3 Å². The number of amides is 1. The number of halogens is 3. The van der Waals surface area contributed by atoms with E-state index in [1.54, 1.807) is 18.6 Å². The standard InChI is InChI=1S/C19H22N2O2.C2HF3O2/c1-20-10-8-19(16-5-3-2-4-6-16)9-11-21(13-17(19)20)18(22)15-7-12-23-14-15;3-2(4,5)1(6)7/h2-7,12,14,17H,8-11,13H2,1H3;(H,6,7). The van der Waals surface area contributed by atoms with Crippen LogP contribution in [0.4, 0.5) is 13.2 Å². The molecule has 1 aromatic heterocycles. The molecule has 9 heteroatoms. The topological polar surface area (TPSA) is 74.0 Å². The van der Waals surface area contributed by atoms with Gasteiger partial charge in [-0.05, 0) is 38.1 Å². The average Bonchev–Trinajstić information content (AvgIpc) is 3.37. The summed E-state index contributed by atoms with van der Waals surface area (Å²) in [5.74, 6) is -2.67. The molecule has 30 heavy (non-hydrogen) atoms. The Morgan fingerprint density at radius 1 is 1.13 bits per heavy atom. The van der Waals surface area contributed by atoms with Crippen molar-refractivity contribution in [3.63, 3.8) is 0 Å². The van der Waals surface area contributed by atoms with Crippen LogP contribution in [0.1, 0.15) is 28.8 Å². The smallest absolute Gasteiger partial charge is 0.475 e. The molecule has 1 N–H and O–H groups in total. The first-order chi connectivity index (χ1) is 14.1. The lowest BCUT2D eigenvalue weighted by Gasteiger charge is -2.46. The maximum atomic E-state index is 12.6. The van der Waals surface area contributed by atoms with Crippen molar-refractivity contribution in [2.75, 3.05) is 26.7 Å². The second-order valence-electron chi connectivity index (χ2n) is 7.58. The molecule has 0 radical (unpaired) electrons. The third kappa shape index (κ3) is 4.35. The number of carbonyl (C=O) groups excluding carboxylic acids is 1. The SMILES string of the molecule is CN1CCC2(c3ccccc3)CCN(C(=O)c3ccoc3)CC12.O=C(O)C(F)(F)F. The largest absolute Gasteiger partial charge is 0.490 e. The van der Waals surface area contributed by atoms with Gasteiger partial charge in [0, 0.05) is 24.5 Å². The second kappa shape index (κ2) is 8.51. The summed E-state index contributed by atoms with van der Waals surface area (Å²) in [7, 11) is 2.18.